The van der Waals surface area contributed by atoms with Crippen LogP contribution in [-0.2, 0) is 0 Å². The van der Waals surface area contributed by atoms with E-state index in [0.29, 0.717) is 18.2 Å². The second kappa shape index (κ2) is 8.52. The van der Waals surface area contributed by atoms with Crippen molar-refractivity contribution in [3.63, 3.8) is 0 Å². The molecule has 1 aromatic rings. The number of carbonyl (C=O) groups excluding carboxylic acids is 1. The second-order valence-corrected chi connectivity index (χ2v) is 5.78. The van der Waals surface area contributed by atoms with Gasteiger partial charge in [0, 0.05) is 24.4 Å². The van der Waals surface area contributed by atoms with E-state index in [1.807, 2.05) is 32.0 Å². The molecule has 0 bridgehead atoms. The zero-order valence-corrected chi connectivity index (χ0v) is 13.2. The molecule has 3 N–H and O–H groups in total. The van der Waals surface area contributed by atoms with E-state index < -0.39 is 0 Å². The maximum Gasteiger partial charge on any atom is 0.319 e. The van der Waals surface area contributed by atoms with Crippen molar-refractivity contribution < 1.29 is 14.6 Å². The van der Waals surface area contributed by atoms with Crippen molar-refractivity contribution in [3.05, 3.63) is 24.3 Å². The number of rotatable bonds is 7. The van der Waals surface area contributed by atoms with Gasteiger partial charge < -0.3 is 20.5 Å². The fraction of sp³-hybridized carbons (Fsp3) is 0.562. The first-order chi connectivity index (χ1) is 9.92. The number of ether oxygens (including phenoxy) is 1. The van der Waals surface area contributed by atoms with Crippen LogP contribution < -0.4 is 15.4 Å². The quantitative estimate of drug-likeness (QED) is 0.724. The number of hydrogen-bond donors (Lipinski definition) is 3. The summed E-state index contributed by atoms with van der Waals surface area (Å²) in [5.74, 6) is 1.19. The minimum atomic E-state index is -0.288. The maximum absolute atomic E-state index is 11.9. The lowest BCUT2D eigenvalue weighted by Crippen LogP contribution is -2.40. The minimum absolute atomic E-state index is 0.0106. The zero-order chi connectivity index (χ0) is 15.8. The van der Waals surface area contributed by atoms with Gasteiger partial charge in [0.25, 0.3) is 0 Å². The van der Waals surface area contributed by atoms with Crippen molar-refractivity contribution in [1.82, 2.24) is 5.32 Å². The topological polar surface area (TPSA) is 70.6 Å². The molecule has 21 heavy (non-hydrogen) atoms. The van der Waals surface area contributed by atoms with Gasteiger partial charge in [-0.2, -0.15) is 0 Å². The molecule has 5 nitrogen and oxygen atoms in total. The van der Waals surface area contributed by atoms with Crippen LogP contribution in [0.2, 0.25) is 0 Å². The summed E-state index contributed by atoms with van der Waals surface area (Å²) in [6.45, 7) is 8.59. The van der Waals surface area contributed by atoms with Gasteiger partial charge in [-0.25, -0.2) is 4.79 Å². The van der Waals surface area contributed by atoms with Crippen LogP contribution in [-0.4, -0.2) is 30.4 Å². The van der Waals surface area contributed by atoms with Crippen molar-refractivity contribution in [2.75, 3.05) is 18.5 Å². The molecule has 2 atom stereocenters. The first-order valence-corrected chi connectivity index (χ1v) is 7.33. The minimum Gasteiger partial charge on any atom is -0.493 e. The molecule has 0 radical (unpaired) electrons. The van der Waals surface area contributed by atoms with E-state index in [1.165, 1.54) is 0 Å². The van der Waals surface area contributed by atoms with Gasteiger partial charge in [-0.05, 0) is 30.9 Å². The van der Waals surface area contributed by atoms with Gasteiger partial charge in [-0.3, -0.25) is 0 Å². The normalized spacial score (nSPS) is 13.6. The molecule has 0 aliphatic carbocycles. The van der Waals surface area contributed by atoms with E-state index in [2.05, 4.69) is 24.5 Å². The Morgan fingerprint density at radius 2 is 2.00 bits per heavy atom. The third kappa shape index (κ3) is 6.49. The molecule has 0 aliphatic heterocycles. The number of nitrogens with one attached hydrogen (secondary N) is 2. The largest absolute Gasteiger partial charge is 0.493 e. The lowest BCUT2D eigenvalue weighted by molar-refractivity contribution is 0.204. The molecule has 1 rings (SSSR count). The van der Waals surface area contributed by atoms with Crippen LogP contribution in [0.4, 0.5) is 10.5 Å². The third-order valence-electron chi connectivity index (χ3n) is 3.18. The first kappa shape index (κ1) is 17.3. The van der Waals surface area contributed by atoms with E-state index >= 15 is 0 Å². The smallest absolute Gasteiger partial charge is 0.319 e. The summed E-state index contributed by atoms with van der Waals surface area (Å²) in [4.78, 5) is 11.9. The fourth-order valence-electron chi connectivity index (χ4n) is 1.60. The number of hydrogen-bond acceptors (Lipinski definition) is 3. The number of urea groups is 1. The predicted octanol–water partition coefficient (Wildman–Crippen LogP) is 2.86. The Hall–Kier alpha value is -1.75. The average molecular weight is 294 g/mol. The lowest BCUT2D eigenvalue weighted by Gasteiger charge is -2.19. The molecule has 2 unspecified atom stereocenters. The molecule has 0 aromatic heterocycles. The van der Waals surface area contributed by atoms with Crippen LogP contribution in [0.15, 0.2) is 24.3 Å². The molecule has 0 saturated carbocycles. The lowest BCUT2D eigenvalue weighted by atomic mass is 10.1. The standard InChI is InChI=1S/C16H26N2O3/c1-11(2)10-21-15-7-5-6-14(8-15)18-16(20)17-13(4)12(3)9-19/h5-8,11-13,19H,9-10H2,1-4H3,(H2,17,18,20). The molecular formula is C16H26N2O3. The summed E-state index contributed by atoms with van der Waals surface area (Å²) >= 11 is 0. The highest BCUT2D eigenvalue weighted by Gasteiger charge is 2.13. The zero-order valence-electron chi connectivity index (χ0n) is 13.2. The molecule has 118 valence electrons. The Morgan fingerprint density at radius 1 is 1.29 bits per heavy atom. The number of benzene rings is 1. The van der Waals surface area contributed by atoms with Crippen molar-refractivity contribution >= 4 is 11.7 Å². The van der Waals surface area contributed by atoms with Gasteiger partial charge in [0.05, 0.1) is 6.61 Å². The van der Waals surface area contributed by atoms with Crippen molar-refractivity contribution in [2.24, 2.45) is 11.8 Å². The number of carbonyl (C=O) groups is 1. The van der Waals surface area contributed by atoms with Crippen LogP contribution >= 0.6 is 0 Å². The van der Waals surface area contributed by atoms with E-state index in [1.54, 1.807) is 6.07 Å². The summed E-state index contributed by atoms with van der Waals surface area (Å²) < 4.78 is 5.62. The van der Waals surface area contributed by atoms with Crippen LogP contribution in [0.3, 0.4) is 0 Å². The molecule has 0 spiro atoms. The highest BCUT2D eigenvalue weighted by Crippen LogP contribution is 2.18. The monoisotopic (exact) mass is 294 g/mol. The number of aliphatic hydroxyl groups excluding tert-OH is 1. The average Bonchev–Trinajstić information content (AvgIpc) is 2.44. The van der Waals surface area contributed by atoms with E-state index in [0.717, 1.165) is 5.75 Å². The maximum atomic E-state index is 11.9. The van der Waals surface area contributed by atoms with Crippen molar-refractivity contribution in [2.45, 2.75) is 33.7 Å². The Morgan fingerprint density at radius 3 is 2.62 bits per heavy atom. The summed E-state index contributed by atoms with van der Waals surface area (Å²) in [6.07, 6.45) is 0. The van der Waals surface area contributed by atoms with Gasteiger partial charge in [0.2, 0.25) is 0 Å². The van der Waals surface area contributed by atoms with Crippen LogP contribution in [0.1, 0.15) is 27.7 Å². The molecule has 0 fully saturated rings. The Bertz CT molecular complexity index is 449. The summed E-state index contributed by atoms with van der Waals surface area (Å²) in [7, 11) is 0. The van der Waals surface area contributed by atoms with Gasteiger partial charge in [-0.1, -0.05) is 26.8 Å². The molecule has 0 aliphatic rings. The first-order valence-electron chi connectivity index (χ1n) is 7.33. The predicted molar refractivity (Wildman–Crippen MR) is 84.6 cm³/mol. The van der Waals surface area contributed by atoms with Gasteiger partial charge in [-0.15, -0.1) is 0 Å². The fourth-order valence-corrected chi connectivity index (χ4v) is 1.60. The van der Waals surface area contributed by atoms with Crippen LogP contribution in [0.5, 0.6) is 5.75 Å². The van der Waals surface area contributed by atoms with Gasteiger partial charge >= 0.3 is 6.03 Å². The summed E-state index contributed by atoms with van der Waals surface area (Å²) in [5.41, 5.74) is 0.678. The van der Waals surface area contributed by atoms with Crippen LogP contribution in [0, 0.1) is 11.8 Å². The third-order valence-corrected chi connectivity index (χ3v) is 3.18. The number of amides is 2. The van der Waals surface area contributed by atoms with Gasteiger partial charge in [0.15, 0.2) is 0 Å². The molecule has 1 aromatic carbocycles. The molecular weight excluding hydrogens is 268 g/mol. The molecule has 0 saturated heterocycles. The molecule has 2 amide bonds. The van der Waals surface area contributed by atoms with E-state index in [9.17, 15) is 4.79 Å². The second-order valence-electron chi connectivity index (χ2n) is 5.78. The Balaban J connectivity index is 2.54. The van der Waals surface area contributed by atoms with Crippen LogP contribution in [0.25, 0.3) is 0 Å². The molecule has 5 heteroatoms. The number of aliphatic hydroxyl groups is 1. The summed E-state index contributed by atoms with van der Waals surface area (Å²) in [5, 5.41) is 14.6. The summed E-state index contributed by atoms with van der Waals surface area (Å²) in [6, 6.07) is 6.91. The van der Waals surface area contributed by atoms with Crippen molar-refractivity contribution in [1.29, 1.82) is 0 Å². The van der Waals surface area contributed by atoms with Gasteiger partial charge in [0.1, 0.15) is 5.75 Å². The van der Waals surface area contributed by atoms with E-state index in [-0.39, 0.29) is 24.6 Å². The van der Waals surface area contributed by atoms with E-state index in [4.69, 9.17) is 9.84 Å². The Kier molecular flexibility index (Phi) is 7.02. The Labute approximate surface area is 126 Å². The highest BCUT2D eigenvalue weighted by molar-refractivity contribution is 5.89. The number of anilines is 1. The molecule has 0 heterocycles. The highest BCUT2D eigenvalue weighted by atomic mass is 16.5. The van der Waals surface area contributed by atoms with Crippen molar-refractivity contribution in [3.8, 4) is 5.75 Å². The SMILES string of the molecule is CC(C)COc1cccc(NC(=O)NC(C)C(C)CO)c1.